The first kappa shape index (κ1) is 15.3. The van der Waals surface area contributed by atoms with Gasteiger partial charge in [-0.3, -0.25) is 0 Å². The number of nitrogens with zero attached hydrogens (tertiary/aromatic N) is 3. The Morgan fingerprint density at radius 3 is 2.67 bits per heavy atom. The van der Waals surface area contributed by atoms with E-state index in [0.717, 1.165) is 37.7 Å². The molecule has 24 heavy (non-hydrogen) atoms. The van der Waals surface area contributed by atoms with Crippen LogP contribution in [-0.2, 0) is 0 Å². The molecule has 3 heterocycles. The minimum atomic E-state index is 0.696. The Morgan fingerprint density at radius 2 is 1.83 bits per heavy atom. The van der Waals surface area contributed by atoms with Crippen LogP contribution in [0.5, 0.6) is 5.75 Å². The van der Waals surface area contributed by atoms with Crippen LogP contribution in [0.4, 0.5) is 11.5 Å². The van der Waals surface area contributed by atoms with Crippen LogP contribution in [0.2, 0.25) is 0 Å². The highest BCUT2D eigenvalue weighted by atomic mass is 32.1. The predicted molar refractivity (Wildman–Crippen MR) is 102 cm³/mol. The number of pyridine rings is 1. The zero-order chi connectivity index (χ0) is 16.4. The summed E-state index contributed by atoms with van der Waals surface area (Å²) in [6.45, 7) is 6.64. The number of benzene rings is 1. The summed E-state index contributed by atoms with van der Waals surface area (Å²) < 4.78 is 7.08. The lowest BCUT2D eigenvalue weighted by molar-refractivity contribution is 0.340. The molecule has 4 rings (SSSR count). The van der Waals surface area contributed by atoms with Crippen molar-refractivity contribution >= 4 is 32.9 Å². The number of ether oxygens (including phenoxy) is 1. The second kappa shape index (κ2) is 6.69. The van der Waals surface area contributed by atoms with Gasteiger partial charge in [0.2, 0.25) is 0 Å². The van der Waals surface area contributed by atoms with Gasteiger partial charge in [0.25, 0.3) is 0 Å². The molecule has 1 saturated heterocycles. The fourth-order valence-corrected chi connectivity index (χ4v) is 4.17. The van der Waals surface area contributed by atoms with Crippen molar-refractivity contribution in [2.24, 2.45) is 0 Å². The summed E-state index contributed by atoms with van der Waals surface area (Å²) >= 11 is 1.78. The third kappa shape index (κ3) is 2.80. The van der Waals surface area contributed by atoms with Crippen molar-refractivity contribution in [1.82, 2.24) is 4.98 Å². The Hall–Kier alpha value is -2.27. The van der Waals surface area contributed by atoms with Crippen LogP contribution in [-0.4, -0.2) is 37.8 Å². The van der Waals surface area contributed by atoms with Crippen LogP contribution in [0.25, 0.3) is 10.1 Å². The van der Waals surface area contributed by atoms with E-state index in [4.69, 9.17) is 4.74 Å². The monoisotopic (exact) mass is 339 g/mol. The van der Waals surface area contributed by atoms with E-state index in [0.29, 0.717) is 6.61 Å². The normalized spacial score (nSPS) is 15.0. The summed E-state index contributed by atoms with van der Waals surface area (Å²) in [6, 6.07) is 12.6. The molecule has 5 heteroatoms. The fraction of sp³-hybridized carbons (Fsp3) is 0.316. The molecule has 0 amide bonds. The quantitative estimate of drug-likeness (QED) is 0.718. The first-order chi connectivity index (χ1) is 11.9. The van der Waals surface area contributed by atoms with Gasteiger partial charge in [0.05, 0.1) is 17.0 Å². The number of piperazine rings is 1. The number of thiophene rings is 1. The third-order valence-corrected chi connectivity index (χ3v) is 5.36. The fourth-order valence-electron chi connectivity index (χ4n) is 3.26. The van der Waals surface area contributed by atoms with Crippen molar-refractivity contribution in [3.05, 3.63) is 48.0 Å². The van der Waals surface area contributed by atoms with Crippen LogP contribution >= 0.6 is 11.3 Å². The van der Waals surface area contributed by atoms with E-state index in [-0.39, 0.29) is 0 Å². The molecule has 0 aliphatic carbocycles. The minimum absolute atomic E-state index is 0.696. The van der Waals surface area contributed by atoms with Gasteiger partial charge in [-0.2, -0.15) is 0 Å². The van der Waals surface area contributed by atoms with Crippen molar-refractivity contribution in [3.8, 4) is 5.75 Å². The van der Waals surface area contributed by atoms with E-state index in [1.807, 2.05) is 19.2 Å². The highest BCUT2D eigenvalue weighted by molar-refractivity contribution is 7.17. The Morgan fingerprint density at radius 1 is 1.04 bits per heavy atom. The molecule has 1 fully saturated rings. The van der Waals surface area contributed by atoms with E-state index in [1.165, 1.54) is 15.8 Å². The van der Waals surface area contributed by atoms with E-state index < -0.39 is 0 Å². The largest absolute Gasteiger partial charge is 0.492 e. The van der Waals surface area contributed by atoms with Crippen molar-refractivity contribution in [2.45, 2.75) is 6.92 Å². The van der Waals surface area contributed by atoms with Gasteiger partial charge in [-0.05, 0) is 42.0 Å². The SMILES string of the molecule is CCOc1ccccc1N1CCN(c2nccc3ccsc23)CC1. The summed E-state index contributed by atoms with van der Waals surface area (Å²) in [5.74, 6) is 2.10. The first-order valence-electron chi connectivity index (χ1n) is 8.41. The molecule has 1 aliphatic rings. The molecule has 4 nitrogen and oxygen atoms in total. The van der Waals surface area contributed by atoms with Crippen LogP contribution in [0.3, 0.4) is 0 Å². The third-order valence-electron chi connectivity index (χ3n) is 4.43. The second-order valence-electron chi connectivity index (χ2n) is 5.85. The van der Waals surface area contributed by atoms with Crippen LogP contribution in [0.1, 0.15) is 6.92 Å². The number of anilines is 2. The topological polar surface area (TPSA) is 28.6 Å². The average Bonchev–Trinajstić information content (AvgIpc) is 3.11. The Kier molecular flexibility index (Phi) is 4.26. The summed E-state index contributed by atoms with van der Waals surface area (Å²) in [5.41, 5.74) is 1.20. The molecule has 0 atom stereocenters. The summed E-state index contributed by atoms with van der Waals surface area (Å²) in [7, 11) is 0. The maximum atomic E-state index is 5.78. The van der Waals surface area contributed by atoms with Crippen LogP contribution in [0.15, 0.2) is 48.0 Å². The molecule has 1 aliphatic heterocycles. The molecule has 124 valence electrons. The van der Waals surface area contributed by atoms with Crippen molar-refractivity contribution in [3.63, 3.8) is 0 Å². The van der Waals surface area contributed by atoms with Crippen LogP contribution in [0, 0.1) is 0 Å². The Balaban J connectivity index is 1.52. The molecule has 0 spiro atoms. The Labute approximate surface area is 146 Å². The number of fused-ring (bicyclic) bond motifs is 1. The van der Waals surface area contributed by atoms with Crippen LogP contribution < -0.4 is 14.5 Å². The number of rotatable bonds is 4. The van der Waals surface area contributed by atoms with Gasteiger partial charge in [0.1, 0.15) is 11.6 Å². The smallest absolute Gasteiger partial charge is 0.146 e. The lowest BCUT2D eigenvalue weighted by Gasteiger charge is -2.37. The molecule has 0 unspecified atom stereocenters. The highest BCUT2D eigenvalue weighted by Gasteiger charge is 2.22. The number of aromatic nitrogens is 1. The van der Waals surface area contributed by atoms with Crippen molar-refractivity contribution < 1.29 is 4.74 Å². The predicted octanol–water partition coefficient (Wildman–Crippen LogP) is 4.02. The molecular weight excluding hydrogens is 318 g/mol. The van der Waals surface area contributed by atoms with Gasteiger partial charge in [-0.15, -0.1) is 11.3 Å². The van der Waals surface area contributed by atoms with Crippen molar-refractivity contribution in [1.29, 1.82) is 0 Å². The summed E-state index contributed by atoms with van der Waals surface area (Å²) in [5, 5.41) is 3.43. The number of hydrogen-bond donors (Lipinski definition) is 0. The summed E-state index contributed by atoms with van der Waals surface area (Å²) in [4.78, 5) is 9.45. The molecule has 1 aromatic carbocycles. The van der Waals surface area contributed by atoms with E-state index in [9.17, 15) is 0 Å². The van der Waals surface area contributed by atoms with Gasteiger partial charge in [-0.25, -0.2) is 4.98 Å². The maximum Gasteiger partial charge on any atom is 0.146 e. The molecular formula is C19H21N3OS. The zero-order valence-electron chi connectivity index (χ0n) is 13.8. The highest BCUT2D eigenvalue weighted by Crippen LogP contribution is 2.32. The zero-order valence-corrected chi connectivity index (χ0v) is 14.6. The van der Waals surface area contributed by atoms with Gasteiger partial charge in [-0.1, -0.05) is 12.1 Å². The molecule has 0 N–H and O–H groups in total. The number of para-hydroxylation sites is 2. The second-order valence-corrected chi connectivity index (χ2v) is 6.76. The van der Waals surface area contributed by atoms with Gasteiger partial charge in [0, 0.05) is 32.4 Å². The van der Waals surface area contributed by atoms with E-state index >= 15 is 0 Å². The Bertz CT molecular complexity index is 824. The molecule has 3 aromatic rings. The van der Waals surface area contributed by atoms with Gasteiger partial charge >= 0.3 is 0 Å². The van der Waals surface area contributed by atoms with Gasteiger partial charge < -0.3 is 14.5 Å². The first-order valence-corrected chi connectivity index (χ1v) is 9.28. The molecule has 0 bridgehead atoms. The average molecular weight is 339 g/mol. The standard InChI is InChI=1S/C19H21N3OS/c1-2-23-17-6-4-3-5-16(17)21-10-12-22(13-11-21)19-18-15(7-9-20-19)8-14-24-18/h3-9,14H,2,10-13H2,1H3. The lowest BCUT2D eigenvalue weighted by Crippen LogP contribution is -2.47. The molecule has 2 aromatic heterocycles. The summed E-state index contributed by atoms with van der Waals surface area (Å²) in [6.07, 6.45) is 1.92. The van der Waals surface area contributed by atoms with Crippen molar-refractivity contribution in [2.75, 3.05) is 42.6 Å². The molecule has 0 radical (unpaired) electrons. The lowest BCUT2D eigenvalue weighted by atomic mass is 10.2. The maximum absolute atomic E-state index is 5.78. The van der Waals surface area contributed by atoms with Gasteiger partial charge in [0.15, 0.2) is 0 Å². The molecule has 0 saturated carbocycles. The number of hydrogen-bond acceptors (Lipinski definition) is 5. The minimum Gasteiger partial charge on any atom is -0.492 e. The van der Waals surface area contributed by atoms with E-state index in [2.05, 4.69) is 50.5 Å². The van der Waals surface area contributed by atoms with E-state index in [1.54, 1.807) is 11.3 Å².